The summed E-state index contributed by atoms with van der Waals surface area (Å²) >= 11 is 0. The van der Waals surface area contributed by atoms with Crippen molar-refractivity contribution in [1.29, 1.82) is 0 Å². The van der Waals surface area contributed by atoms with Crippen LogP contribution in [0.5, 0.6) is 0 Å². The Morgan fingerprint density at radius 1 is 1.08 bits per heavy atom. The Morgan fingerprint density at radius 3 is 2.08 bits per heavy atom. The van der Waals surface area contributed by atoms with E-state index in [1.165, 1.54) is 12.1 Å². The number of benzene rings is 1. The quantitative estimate of drug-likeness (QED) is 0.634. The molecule has 26 heavy (non-hydrogen) atoms. The van der Waals surface area contributed by atoms with Crippen LogP contribution < -0.4 is 0 Å². The van der Waals surface area contributed by atoms with Crippen LogP contribution in [0.4, 0.5) is 0 Å². The summed E-state index contributed by atoms with van der Waals surface area (Å²) in [5.74, 6) is -2.53. The average molecular weight is 384 g/mol. The van der Waals surface area contributed by atoms with Gasteiger partial charge in [-0.1, -0.05) is 31.5 Å². The van der Waals surface area contributed by atoms with E-state index in [2.05, 4.69) is 0 Å². The second kappa shape index (κ2) is 10.3. The largest absolute Gasteiger partial charge is 0.481 e. The van der Waals surface area contributed by atoms with E-state index in [9.17, 15) is 18.0 Å². The standard InChI is InChI=1S/C19H29NO5S/c1-4-12-20(13-5-2)19(23)16(8-11-18(21)22)14-26(24,25)17-9-6-15(3)7-10-17/h6-7,9-10,16H,4-5,8,11-14H2,1-3H3,(H,21,22)/t16-/m0/s1. The molecule has 0 aliphatic carbocycles. The molecule has 0 saturated heterocycles. The number of rotatable bonds is 11. The molecule has 0 bridgehead atoms. The van der Waals surface area contributed by atoms with Crippen LogP contribution in [0.25, 0.3) is 0 Å². The van der Waals surface area contributed by atoms with E-state index in [0.29, 0.717) is 13.1 Å². The lowest BCUT2D eigenvalue weighted by atomic mass is 10.0. The van der Waals surface area contributed by atoms with Crippen molar-refractivity contribution in [3.05, 3.63) is 29.8 Å². The van der Waals surface area contributed by atoms with Gasteiger partial charge in [0.15, 0.2) is 9.84 Å². The molecule has 1 aromatic rings. The maximum absolute atomic E-state index is 12.9. The minimum absolute atomic E-state index is 0.0171. The van der Waals surface area contributed by atoms with Gasteiger partial charge in [0.25, 0.3) is 0 Å². The van der Waals surface area contributed by atoms with Gasteiger partial charge >= 0.3 is 5.97 Å². The Hall–Kier alpha value is -1.89. The first-order chi connectivity index (χ1) is 12.2. The fourth-order valence-corrected chi connectivity index (χ4v) is 4.39. The van der Waals surface area contributed by atoms with Crippen LogP contribution in [-0.2, 0) is 19.4 Å². The second-order valence-corrected chi connectivity index (χ2v) is 8.58. The van der Waals surface area contributed by atoms with Crippen LogP contribution in [0.15, 0.2) is 29.2 Å². The van der Waals surface area contributed by atoms with Crippen LogP contribution in [0.2, 0.25) is 0 Å². The summed E-state index contributed by atoms with van der Waals surface area (Å²) in [6, 6.07) is 6.47. The van der Waals surface area contributed by atoms with Crippen molar-refractivity contribution in [2.75, 3.05) is 18.8 Å². The van der Waals surface area contributed by atoms with Crippen molar-refractivity contribution in [3.8, 4) is 0 Å². The van der Waals surface area contributed by atoms with Gasteiger partial charge in [-0.2, -0.15) is 0 Å². The molecule has 1 aromatic carbocycles. The van der Waals surface area contributed by atoms with E-state index in [0.717, 1.165) is 18.4 Å². The number of carbonyl (C=O) groups excluding carboxylic acids is 1. The topological polar surface area (TPSA) is 91.8 Å². The average Bonchev–Trinajstić information content (AvgIpc) is 2.58. The Kier molecular flexibility index (Phi) is 8.78. The van der Waals surface area contributed by atoms with Crippen molar-refractivity contribution in [1.82, 2.24) is 4.90 Å². The number of hydrogen-bond acceptors (Lipinski definition) is 4. The third-order valence-corrected chi connectivity index (χ3v) is 5.99. The molecule has 0 aromatic heterocycles. The van der Waals surface area contributed by atoms with Crippen LogP contribution in [0.3, 0.4) is 0 Å². The molecule has 1 N–H and O–H groups in total. The Labute approximate surface area is 156 Å². The molecule has 1 atom stereocenters. The number of amides is 1. The maximum atomic E-state index is 12.9. The zero-order valence-corrected chi connectivity index (χ0v) is 16.6. The number of aliphatic carboxylic acids is 1. The van der Waals surface area contributed by atoms with E-state index >= 15 is 0 Å². The van der Waals surface area contributed by atoms with Crippen LogP contribution in [0, 0.1) is 12.8 Å². The maximum Gasteiger partial charge on any atom is 0.303 e. The number of carboxylic acids is 1. The summed E-state index contributed by atoms with van der Waals surface area (Å²) in [7, 11) is -3.67. The molecule has 1 amide bonds. The van der Waals surface area contributed by atoms with Gasteiger partial charge in [0.05, 0.1) is 16.6 Å². The third kappa shape index (κ3) is 6.78. The van der Waals surface area contributed by atoms with Gasteiger partial charge < -0.3 is 10.0 Å². The number of sulfone groups is 1. The summed E-state index contributed by atoms with van der Waals surface area (Å²) < 4.78 is 25.4. The zero-order valence-electron chi connectivity index (χ0n) is 15.8. The van der Waals surface area contributed by atoms with Crippen molar-refractivity contribution in [2.24, 2.45) is 5.92 Å². The van der Waals surface area contributed by atoms with E-state index in [-0.39, 0.29) is 29.4 Å². The van der Waals surface area contributed by atoms with Gasteiger partial charge in [0.1, 0.15) is 0 Å². The van der Waals surface area contributed by atoms with E-state index < -0.39 is 21.7 Å². The first-order valence-corrected chi connectivity index (χ1v) is 10.7. The van der Waals surface area contributed by atoms with Gasteiger partial charge in [0.2, 0.25) is 5.91 Å². The number of hydrogen-bond donors (Lipinski definition) is 1. The van der Waals surface area contributed by atoms with Crippen molar-refractivity contribution in [3.63, 3.8) is 0 Å². The summed E-state index contributed by atoms with van der Waals surface area (Å²) in [5, 5.41) is 8.96. The Morgan fingerprint density at radius 2 is 1.62 bits per heavy atom. The minimum atomic E-state index is -3.67. The summed E-state index contributed by atoms with van der Waals surface area (Å²) in [5.41, 5.74) is 0.944. The van der Waals surface area contributed by atoms with Crippen molar-refractivity contribution < 1.29 is 23.1 Å². The molecule has 1 rings (SSSR count). The van der Waals surface area contributed by atoms with Gasteiger partial charge in [-0.3, -0.25) is 9.59 Å². The lowest BCUT2D eigenvalue weighted by Crippen LogP contribution is -2.40. The van der Waals surface area contributed by atoms with Crippen molar-refractivity contribution >= 4 is 21.7 Å². The van der Waals surface area contributed by atoms with Crippen LogP contribution >= 0.6 is 0 Å². The molecule has 0 unspecified atom stereocenters. The zero-order chi connectivity index (χ0) is 19.7. The van der Waals surface area contributed by atoms with Gasteiger partial charge in [-0.15, -0.1) is 0 Å². The number of carbonyl (C=O) groups is 2. The summed E-state index contributed by atoms with van der Waals surface area (Å²) in [6.07, 6.45) is 1.32. The molecule has 0 saturated carbocycles. The molecule has 0 heterocycles. The SMILES string of the molecule is CCCN(CCC)C(=O)[C@@H](CCC(=O)O)CS(=O)(=O)c1ccc(C)cc1. The fraction of sp³-hybridized carbons (Fsp3) is 0.579. The van der Waals surface area contributed by atoms with Crippen LogP contribution in [0.1, 0.15) is 45.1 Å². The first-order valence-electron chi connectivity index (χ1n) is 9.01. The molecule has 146 valence electrons. The van der Waals surface area contributed by atoms with E-state index in [1.54, 1.807) is 17.0 Å². The molecule has 0 aliphatic heterocycles. The molecule has 0 radical (unpaired) electrons. The Bertz CT molecular complexity index is 691. The predicted octanol–water partition coefficient (Wildman–Crippen LogP) is 2.90. The van der Waals surface area contributed by atoms with Gasteiger partial charge in [0, 0.05) is 19.5 Å². The third-order valence-electron chi connectivity index (χ3n) is 4.16. The molecule has 0 aliphatic rings. The van der Waals surface area contributed by atoms with E-state index in [4.69, 9.17) is 5.11 Å². The van der Waals surface area contributed by atoms with E-state index in [1.807, 2.05) is 20.8 Å². The lowest BCUT2D eigenvalue weighted by molar-refractivity contribution is -0.138. The van der Waals surface area contributed by atoms with Gasteiger partial charge in [-0.25, -0.2) is 8.42 Å². The molecule has 0 spiro atoms. The van der Waals surface area contributed by atoms with Gasteiger partial charge in [-0.05, 0) is 38.3 Å². The second-order valence-electron chi connectivity index (χ2n) is 6.55. The smallest absolute Gasteiger partial charge is 0.303 e. The number of nitrogens with zero attached hydrogens (tertiary/aromatic N) is 1. The number of carboxylic acid groups (broad SMARTS) is 1. The highest BCUT2D eigenvalue weighted by atomic mass is 32.2. The molecular formula is C19H29NO5S. The van der Waals surface area contributed by atoms with Crippen LogP contribution in [-0.4, -0.2) is 49.1 Å². The summed E-state index contributed by atoms with van der Waals surface area (Å²) in [6.45, 7) is 6.85. The number of aryl methyl sites for hydroxylation is 1. The molecule has 7 heteroatoms. The molecular weight excluding hydrogens is 354 g/mol. The predicted molar refractivity (Wildman–Crippen MR) is 101 cm³/mol. The fourth-order valence-electron chi connectivity index (χ4n) is 2.81. The monoisotopic (exact) mass is 383 g/mol. The minimum Gasteiger partial charge on any atom is -0.481 e. The highest BCUT2D eigenvalue weighted by molar-refractivity contribution is 7.91. The Balaban J connectivity index is 3.06. The van der Waals surface area contributed by atoms with Crippen molar-refractivity contribution in [2.45, 2.75) is 51.3 Å². The highest BCUT2D eigenvalue weighted by Gasteiger charge is 2.30. The highest BCUT2D eigenvalue weighted by Crippen LogP contribution is 2.20. The first kappa shape index (κ1) is 22.2. The lowest BCUT2D eigenvalue weighted by Gasteiger charge is -2.26. The summed E-state index contributed by atoms with van der Waals surface area (Å²) in [4.78, 5) is 25.6. The normalized spacial score (nSPS) is 12.6. The molecule has 6 nitrogen and oxygen atoms in total. The molecule has 0 fully saturated rings.